The lowest BCUT2D eigenvalue weighted by molar-refractivity contribution is -0.396. The number of benzene rings is 1. The van der Waals surface area contributed by atoms with Gasteiger partial charge < -0.3 is 10.5 Å². The summed E-state index contributed by atoms with van der Waals surface area (Å²) < 4.78 is 4.87. The maximum atomic E-state index is 11.5. The molecule has 0 bridgehead atoms. The minimum Gasteiger partial charge on any atom is -0.460 e. The SMILES string of the molecule is NCCCCC(=O)OCc1c([N+](=O)[O-])cccc1[N+](=O)[O-]. The molecule has 1 rings (SSSR count). The number of nitrogens with two attached hydrogens (primary N) is 1. The fourth-order valence-electron chi connectivity index (χ4n) is 1.69. The molecular formula is C12H15N3O6. The summed E-state index contributed by atoms with van der Waals surface area (Å²) in [7, 11) is 0. The van der Waals surface area contributed by atoms with E-state index in [1.54, 1.807) is 0 Å². The van der Waals surface area contributed by atoms with Gasteiger partial charge in [0.05, 0.1) is 9.85 Å². The predicted octanol–water partition coefficient (Wildman–Crippen LogP) is 1.68. The quantitative estimate of drug-likeness (QED) is 0.333. The summed E-state index contributed by atoms with van der Waals surface area (Å²) in [5.41, 5.74) is 4.17. The van der Waals surface area contributed by atoms with E-state index in [2.05, 4.69) is 0 Å². The smallest absolute Gasteiger partial charge is 0.306 e. The molecule has 0 atom stereocenters. The van der Waals surface area contributed by atoms with Crippen LogP contribution in [-0.4, -0.2) is 22.4 Å². The van der Waals surface area contributed by atoms with E-state index in [4.69, 9.17) is 10.5 Å². The molecule has 0 fully saturated rings. The highest BCUT2D eigenvalue weighted by Gasteiger charge is 2.25. The third-order valence-corrected chi connectivity index (χ3v) is 2.73. The first kappa shape index (κ1) is 16.5. The Balaban J connectivity index is 2.83. The molecular weight excluding hydrogens is 282 g/mol. The van der Waals surface area contributed by atoms with Gasteiger partial charge >= 0.3 is 5.97 Å². The zero-order valence-corrected chi connectivity index (χ0v) is 11.2. The van der Waals surface area contributed by atoms with Crippen LogP contribution in [0.25, 0.3) is 0 Å². The van der Waals surface area contributed by atoms with Crippen molar-refractivity contribution in [1.29, 1.82) is 0 Å². The van der Waals surface area contributed by atoms with Crippen molar-refractivity contribution in [3.8, 4) is 0 Å². The third-order valence-electron chi connectivity index (χ3n) is 2.73. The number of nitrogens with zero attached hydrogens (tertiary/aromatic N) is 2. The van der Waals surface area contributed by atoms with Crippen LogP contribution in [0.1, 0.15) is 24.8 Å². The second-order valence-corrected chi connectivity index (χ2v) is 4.20. The van der Waals surface area contributed by atoms with Crippen LogP contribution in [0.5, 0.6) is 0 Å². The van der Waals surface area contributed by atoms with Crippen molar-refractivity contribution in [3.63, 3.8) is 0 Å². The third kappa shape index (κ3) is 4.80. The Hall–Kier alpha value is -2.55. The first-order valence-electron chi connectivity index (χ1n) is 6.23. The van der Waals surface area contributed by atoms with E-state index in [0.717, 1.165) is 12.1 Å². The summed E-state index contributed by atoms with van der Waals surface area (Å²) in [6.07, 6.45) is 1.31. The number of nitro groups is 2. The lowest BCUT2D eigenvalue weighted by Gasteiger charge is -2.06. The fraction of sp³-hybridized carbons (Fsp3) is 0.417. The number of hydrogen-bond acceptors (Lipinski definition) is 7. The van der Waals surface area contributed by atoms with E-state index < -0.39 is 33.8 Å². The van der Waals surface area contributed by atoms with Crippen molar-refractivity contribution in [2.45, 2.75) is 25.9 Å². The van der Waals surface area contributed by atoms with Crippen molar-refractivity contribution < 1.29 is 19.4 Å². The van der Waals surface area contributed by atoms with Gasteiger partial charge in [0.25, 0.3) is 11.4 Å². The highest BCUT2D eigenvalue weighted by molar-refractivity contribution is 5.69. The van der Waals surface area contributed by atoms with E-state index in [0.29, 0.717) is 19.4 Å². The minimum absolute atomic E-state index is 0.117. The average Bonchev–Trinajstić information content (AvgIpc) is 2.44. The van der Waals surface area contributed by atoms with E-state index in [1.165, 1.54) is 6.07 Å². The van der Waals surface area contributed by atoms with Gasteiger partial charge in [0.1, 0.15) is 12.2 Å². The molecule has 0 aromatic heterocycles. The topological polar surface area (TPSA) is 139 Å². The highest BCUT2D eigenvalue weighted by atomic mass is 16.6. The van der Waals surface area contributed by atoms with Gasteiger partial charge in [0.15, 0.2) is 0 Å². The van der Waals surface area contributed by atoms with Crippen LogP contribution in [0, 0.1) is 20.2 Å². The van der Waals surface area contributed by atoms with Crippen molar-refractivity contribution in [1.82, 2.24) is 0 Å². The molecule has 0 unspecified atom stereocenters. The molecule has 9 heteroatoms. The zero-order valence-electron chi connectivity index (χ0n) is 11.2. The number of hydrogen-bond donors (Lipinski definition) is 1. The predicted molar refractivity (Wildman–Crippen MR) is 72.5 cm³/mol. The molecule has 0 aliphatic carbocycles. The number of carbonyl (C=O) groups excluding carboxylic acids is 1. The number of nitro benzene ring substituents is 2. The molecule has 0 amide bonds. The lowest BCUT2D eigenvalue weighted by Crippen LogP contribution is -2.09. The second-order valence-electron chi connectivity index (χ2n) is 4.20. The maximum absolute atomic E-state index is 11.5. The van der Waals surface area contributed by atoms with E-state index in [1.807, 2.05) is 0 Å². The van der Waals surface area contributed by atoms with Gasteiger partial charge in [-0.3, -0.25) is 25.0 Å². The van der Waals surface area contributed by atoms with Crippen LogP contribution in [-0.2, 0) is 16.1 Å². The summed E-state index contributed by atoms with van der Waals surface area (Å²) in [6.45, 7) is -0.0577. The van der Waals surface area contributed by atoms with E-state index >= 15 is 0 Å². The molecule has 0 aliphatic rings. The van der Waals surface area contributed by atoms with Gasteiger partial charge in [-0.05, 0) is 25.5 Å². The number of esters is 1. The van der Waals surface area contributed by atoms with Crippen LogP contribution in [0.4, 0.5) is 11.4 Å². The first-order valence-corrected chi connectivity index (χ1v) is 6.23. The molecule has 0 heterocycles. The monoisotopic (exact) mass is 297 g/mol. The van der Waals surface area contributed by atoms with E-state index in [-0.39, 0.29) is 12.0 Å². The van der Waals surface area contributed by atoms with Crippen LogP contribution < -0.4 is 5.73 Å². The second kappa shape index (κ2) is 7.90. The van der Waals surface area contributed by atoms with Crippen molar-refractivity contribution in [2.24, 2.45) is 5.73 Å². The van der Waals surface area contributed by atoms with Crippen molar-refractivity contribution in [2.75, 3.05) is 6.54 Å². The molecule has 1 aromatic carbocycles. The molecule has 0 saturated heterocycles. The van der Waals surface area contributed by atoms with Gasteiger partial charge in [-0.2, -0.15) is 0 Å². The van der Waals surface area contributed by atoms with Gasteiger partial charge in [-0.1, -0.05) is 0 Å². The molecule has 0 spiro atoms. The number of unbranched alkanes of at least 4 members (excludes halogenated alkanes) is 1. The summed E-state index contributed by atoms with van der Waals surface area (Å²) in [4.78, 5) is 31.7. The molecule has 0 aliphatic heterocycles. The Labute approximate surface area is 120 Å². The Kier molecular flexibility index (Phi) is 6.21. The number of carbonyl (C=O) groups is 1. The number of rotatable bonds is 8. The summed E-state index contributed by atoms with van der Waals surface area (Å²) in [6, 6.07) is 3.47. The van der Waals surface area contributed by atoms with Gasteiger partial charge in [0.2, 0.25) is 0 Å². The molecule has 9 nitrogen and oxygen atoms in total. The first-order chi connectivity index (χ1) is 9.97. The number of ether oxygens (including phenoxy) is 1. The molecule has 21 heavy (non-hydrogen) atoms. The average molecular weight is 297 g/mol. The molecule has 114 valence electrons. The Morgan fingerprint density at radius 3 is 2.19 bits per heavy atom. The molecule has 0 radical (unpaired) electrons. The zero-order chi connectivity index (χ0) is 15.8. The molecule has 2 N–H and O–H groups in total. The fourth-order valence-corrected chi connectivity index (χ4v) is 1.69. The normalized spacial score (nSPS) is 10.1. The lowest BCUT2D eigenvalue weighted by atomic mass is 10.1. The Morgan fingerprint density at radius 2 is 1.71 bits per heavy atom. The standard InChI is InChI=1S/C12H15N3O6/c13-7-2-1-6-12(16)21-8-9-10(14(17)18)4-3-5-11(9)15(19)20/h3-5H,1-2,6-8,13H2. The Morgan fingerprint density at radius 1 is 1.14 bits per heavy atom. The molecule has 0 saturated carbocycles. The summed E-state index contributed by atoms with van der Waals surface area (Å²) in [5.74, 6) is -0.573. The van der Waals surface area contributed by atoms with Crippen LogP contribution in [0.15, 0.2) is 18.2 Å². The summed E-state index contributed by atoms with van der Waals surface area (Å²) >= 11 is 0. The van der Waals surface area contributed by atoms with Gasteiger partial charge in [0, 0.05) is 18.6 Å². The maximum Gasteiger partial charge on any atom is 0.306 e. The van der Waals surface area contributed by atoms with E-state index in [9.17, 15) is 25.0 Å². The van der Waals surface area contributed by atoms with Gasteiger partial charge in [-0.15, -0.1) is 0 Å². The Bertz CT molecular complexity index is 514. The molecule has 1 aromatic rings. The van der Waals surface area contributed by atoms with Crippen molar-refractivity contribution in [3.05, 3.63) is 44.0 Å². The van der Waals surface area contributed by atoms with Gasteiger partial charge in [-0.25, -0.2) is 0 Å². The minimum atomic E-state index is -0.745. The van der Waals surface area contributed by atoms with Crippen LogP contribution in [0.2, 0.25) is 0 Å². The summed E-state index contributed by atoms with van der Waals surface area (Å²) in [5, 5.41) is 21.8. The van der Waals surface area contributed by atoms with Crippen LogP contribution in [0.3, 0.4) is 0 Å². The van der Waals surface area contributed by atoms with Crippen LogP contribution >= 0.6 is 0 Å². The van der Waals surface area contributed by atoms with Crippen molar-refractivity contribution >= 4 is 17.3 Å². The highest BCUT2D eigenvalue weighted by Crippen LogP contribution is 2.28. The largest absolute Gasteiger partial charge is 0.460 e.